The van der Waals surface area contributed by atoms with Crippen LogP contribution in [-0.4, -0.2) is 70.1 Å². The lowest BCUT2D eigenvalue weighted by atomic mass is 9.83. The maximum absolute atomic E-state index is 12.1. The third-order valence-electron chi connectivity index (χ3n) is 7.17. The number of aromatic nitrogens is 2. The average Bonchev–Trinajstić information content (AvgIpc) is 2.87. The van der Waals surface area contributed by atoms with Gasteiger partial charge in [-0.1, -0.05) is 17.3 Å². The van der Waals surface area contributed by atoms with Gasteiger partial charge in [0.05, 0.1) is 24.9 Å². The van der Waals surface area contributed by atoms with Crippen LogP contribution in [0.4, 0.5) is 16.4 Å². The Balaban J connectivity index is 1.04. The van der Waals surface area contributed by atoms with E-state index in [1.165, 1.54) is 5.56 Å². The van der Waals surface area contributed by atoms with Crippen molar-refractivity contribution < 1.29 is 14.7 Å². The van der Waals surface area contributed by atoms with E-state index in [1.54, 1.807) is 4.90 Å². The molecule has 2 aliphatic heterocycles. The van der Waals surface area contributed by atoms with Crippen LogP contribution in [-0.2, 0) is 4.84 Å². The van der Waals surface area contributed by atoms with Gasteiger partial charge in [0.25, 0.3) is 0 Å². The molecule has 2 amide bonds. The van der Waals surface area contributed by atoms with Crippen molar-refractivity contribution in [3.05, 3.63) is 47.8 Å². The highest BCUT2D eigenvalue weighted by Gasteiger charge is 2.29. The van der Waals surface area contributed by atoms with Crippen LogP contribution in [0.15, 0.2) is 41.8 Å². The number of carbonyl (C=O) groups excluding carboxylic acids is 1. The Hall–Kier alpha value is -3.20. The lowest BCUT2D eigenvalue weighted by molar-refractivity contribution is 0.0309. The normalized spacial score (nSPS) is 21.4. The second-order valence-electron chi connectivity index (χ2n) is 9.89. The highest BCUT2D eigenvalue weighted by Crippen LogP contribution is 2.32. The fourth-order valence-electron chi connectivity index (χ4n) is 4.90. The molecule has 1 saturated carbocycles. The number of amides is 2. The molecule has 3 heterocycles. The summed E-state index contributed by atoms with van der Waals surface area (Å²) in [5.74, 6) is 1.30. The first-order chi connectivity index (χ1) is 17.0. The fourth-order valence-corrected chi connectivity index (χ4v) is 4.90. The third-order valence-corrected chi connectivity index (χ3v) is 7.17. The van der Waals surface area contributed by atoms with Crippen molar-refractivity contribution in [1.82, 2.24) is 14.9 Å². The number of hydrogen-bond donors (Lipinski definition) is 2. The number of β-amino-alcohol motifs (C(OH)–C–C–N with tert-alkyl or cyclic N) is 1. The molecule has 186 valence electrons. The van der Waals surface area contributed by atoms with E-state index in [-0.39, 0.29) is 18.2 Å². The van der Waals surface area contributed by atoms with Gasteiger partial charge in [-0.05, 0) is 61.8 Å². The number of carbonyl (C=O) groups is 1. The maximum Gasteiger partial charge on any atom is 0.322 e. The number of rotatable bonds is 5. The van der Waals surface area contributed by atoms with E-state index in [9.17, 15) is 9.90 Å². The number of nitrogens with zero attached hydrogens (tertiary/aromatic N) is 5. The highest BCUT2D eigenvalue weighted by atomic mass is 16.6. The number of likely N-dealkylation sites (tertiary alicyclic amines) is 1. The zero-order valence-corrected chi connectivity index (χ0v) is 20.3. The smallest absolute Gasteiger partial charge is 0.322 e. The molecule has 1 aliphatic carbocycles. The van der Waals surface area contributed by atoms with Crippen LogP contribution in [0.5, 0.6) is 0 Å². The molecule has 0 atom stereocenters. The molecule has 9 heteroatoms. The van der Waals surface area contributed by atoms with Crippen molar-refractivity contribution in [2.75, 3.05) is 36.4 Å². The number of piperidine rings is 1. The lowest BCUT2D eigenvalue weighted by Gasteiger charge is -2.35. The molecule has 35 heavy (non-hydrogen) atoms. The number of anilines is 2. The van der Waals surface area contributed by atoms with E-state index in [0.29, 0.717) is 19.0 Å². The van der Waals surface area contributed by atoms with E-state index in [0.717, 1.165) is 74.5 Å². The summed E-state index contributed by atoms with van der Waals surface area (Å²) < 4.78 is 0. The van der Waals surface area contributed by atoms with Crippen molar-refractivity contribution in [2.24, 2.45) is 5.16 Å². The number of hydrogen-bond acceptors (Lipinski definition) is 7. The Bertz CT molecular complexity index is 1020. The maximum atomic E-state index is 12.1. The number of aliphatic hydroxyl groups is 1. The van der Waals surface area contributed by atoms with Gasteiger partial charge >= 0.3 is 6.03 Å². The number of aliphatic hydroxyl groups excluding tert-OH is 1. The van der Waals surface area contributed by atoms with Crippen LogP contribution in [0.2, 0.25) is 0 Å². The number of oxime groups is 1. The molecule has 0 bridgehead atoms. The monoisotopic (exact) mass is 478 g/mol. The lowest BCUT2D eigenvalue weighted by Crippen LogP contribution is -2.54. The fraction of sp³-hybridized carbons (Fsp3) is 0.538. The largest absolute Gasteiger partial charge is 0.392 e. The van der Waals surface area contributed by atoms with Crippen LogP contribution >= 0.6 is 0 Å². The van der Waals surface area contributed by atoms with E-state index in [1.807, 2.05) is 31.5 Å². The molecule has 2 aromatic rings. The first kappa shape index (κ1) is 23.5. The first-order valence-electron chi connectivity index (χ1n) is 12.6. The van der Waals surface area contributed by atoms with Crippen molar-refractivity contribution in [1.29, 1.82) is 0 Å². The summed E-state index contributed by atoms with van der Waals surface area (Å²) in [6, 6.07) is 7.98. The number of benzene rings is 1. The molecule has 1 aromatic carbocycles. The van der Waals surface area contributed by atoms with Crippen LogP contribution in [0.25, 0.3) is 0 Å². The topological polar surface area (TPSA) is 103 Å². The zero-order valence-electron chi connectivity index (χ0n) is 20.3. The molecule has 2 N–H and O–H groups in total. The average molecular weight is 479 g/mol. The second-order valence-corrected chi connectivity index (χ2v) is 9.89. The molecule has 9 nitrogen and oxygen atoms in total. The van der Waals surface area contributed by atoms with E-state index in [4.69, 9.17) is 4.84 Å². The molecule has 0 radical (unpaired) electrons. The predicted octanol–water partition coefficient (Wildman–Crippen LogP) is 3.69. The van der Waals surface area contributed by atoms with Gasteiger partial charge in [-0.3, -0.25) is 0 Å². The summed E-state index contributed by atoms with van der Waals surface area (Å²) in [7, 11) is 0. The van der Waals surface area contributed by atoms with Gasteiger partial charge in [0.2, 0.25) is 5.95 Å². The van der Waals surface area contributed by atoms with Gasteiger partial charge in [0.15, 0.2) is 0 Å². The van der Waals surface area contributed by atoms with Crippen LogP contribution in [0.1, 0.15) is 55.6 Å². The molecule has 3 aliphatic rings. The van der Waals surface area contributed by atoms with E-state index in [2.05, 4.69) is 37.5 Å². The van der Waals surface area contributed by atoms with E-state index < -0.39 is 0 Å². The quantitative estimate of drug-likeness (QED) is 0.636. The molecule has 1 aromatic heterocycles. The SMILES string of the molecule is Cc1cnc(N2CCC(ON=C3CCC(c4ccc(NC(=O)N5CC(O)C5)cc4)CC3)CC2)nc1. The summed E-state index contributed by atoms with van der Waals surface area (Å²) in [6.07, 6.45) is 9.37. The molecule has 0 unspecified atom stereocenters. The molecular weight excluding hydrogens is 444 g/mol. The van der Waals surface area contributed by atoms with Crippen LogP contribution in [0, 0.1) is 6.92 Å². The van der Waals surface area contributed by atoms with Gasteiger partial charge in [0.1, 0.15) is 6.10 Å². The molecule has 0 spiro atoms. The molecular formula is C26H34N6O3. The molecule has 5 rings (SSSR count). The summed E-state index contributed by atoms with van der Waals surface area (Å²) >= 11 is 0. The zero-order chi connectivity index (χ0) is 24.2. The third kappa shape index (κ3) is 5.90. The Morgan fingerprint density at radius 3 is 2.34 bits per heavy atom. The minimum Gasteiger partial charge on any atom is -0.392 e. The second kappa shape index (κ2) is 10.6. The summed E-state index contributed by atoms with van der Waals surface area (Å²) in [4.78, 5) is 30.7. The van der Waals surface area contributed by atoms with Crippen molar-refractivity contribution in [2.45, 2.75) is 63.6 Å². The summed E-state index contributed by atoms with van der Waals surface area (Å²) in [5, 5.41) is 16.8. The van der Waals surface area contributed by atoms with Gasteiger partial charge in [0, 0.05) is 44.0 Å². The summed E-state index contributed by atoms with van der Waals surface area (Å²) in [6.45, 7) is 4.58. The summed E-state index contributed by atoms with van der Waals surface area (Å²) in [5.41, 5.74) is 4.31. The Kier molecular flexibility index (Phi) is 7.13. The standard InChI is InChI=1S/C26H34N6O3/c1-18-14-27-25(28-15-18)31-12-10-24(11-13-31)35-30-22-8-4-20(5-9-22)19-2-6-21(7-3-19)29-26(34)32-16-23(33)17-32/h2-3,6-7,14-15,20,23-24,33H,4-5,8-13,16-17H2,1H3,(H,29,34). The van der Waals surface area contributed by atoms with E-state index >= 15 is 0 Å². The number of urea groups is 1. The van der Waals surface area contributed by atoms with Crippen LogP contribution < -0.4 is 10.2 Å². The van der Waals surface area contributed by atoms with Gasteiger partial charge in [-0.2, -0.15) is 0 Å². The number of aryl methyl sites for hydroxylation is 1. The van der Waals surface area contributed by atoms with Gasteiger partial charge in [-0.25, -0.2) is 14.8 Å². The predicted molar refractivity (Wildman–Crippen MR) is 135 cm³/mol. The minimum absolute atomic E-state index is 0.157. The van der Waals surface area contributed by atoms with Crippen LogP contribution in [0.3, 0.4) is 0 Å². The van der Waals surface area contributed by atoms with Crippen molar-refractivity contribution in [3.63, 3.8) is 0 Å². The van der Waals surface area contributed by atoms with Gasteiger partial charge < -0.3 is 25.1 Å². The Labute approximate surface area is 206 Å². The number of nitrogens with one attached hydrogen (secondary N) is 1. The Morgan fingerprint density at radius 1 is 1.06 bits per heavy atom. The van der Waals surface area contributed by atoms with Crippen molar-refractivity contribution in [3.8, 4) is 0 Å². The minimum atomic E-state index is -0.388. The molecule has 2 saturated heterocycles. The first-order valence-corrected chi connectivity index (χ1v) is 12.6. The van der Waals surface area contributed by atoms with Gasteiger partial charge in [-0.15, -0.1) is 0 Å². The molecule has 3 fully saturated rings. The Morgan fingerprint density at radius 2 is 1.71 bits per heavy atom. The van der Waals surface area contributed by atoms with Crippen molar-refractivity contribution >= 4 is 23.4 Å². The highest BCUT2D eigenvalue weighted by molar-refractivity contribution is 5.90.